The second-order valence-corrected chi connectivity index (χ2v) is 7.81. The van der Waals surface area contributed by atoms with E-state index in [1.165, 1.54) is 83.5 Å². The Bertz CT molecular complexity index is 282. The minimum absolute atomic E-state index is 0.909. The minimum Gasteiger partial charge on any atom is -0.0851 e. The first-order chi connectivity index (χ1) is 10.3. The van der Waals surface area contributed by atoms with Crippen LogP contribution in [0, 0.1) is 23.7 Å². The van der Waals surface area contributed by atoms with Crippen LogP contribution in [0.2, 0.25) is 0 Å². The lowest BCUT2D eigenvalue weighted by molar-refractivity contribution is 0.202. The van der Waals surface area contributed by atoms with Crippen molar-refractivity contribution in [3.8, 4) is 0 Å². The van der Waals surface area contributed by atoms with Crippen LogP contribution in [0.5, 0.6) is 0 Å². The van der Waals surface area contributed by atoms with Gasteiger partial charge in [-0.25, -0.2) is 0 Å². The molecule has 2 unspecified atom stereocenters. The molecule has 0 heteroatoms. The highest BCUT2D eigenvalue weighted by atomic mass is 14.3. The van der Waals surface area contributed by atoms with Gasteiger partial charge < -0.3 is 0 Å². The van der Waals surface area contributed by atoms with Crippen LogP contribution in [0.4, 0.5) is 0 Å². The third-order valence-electron chi connectivity index (χ3n) is 6.14. The first-order valence-electron chi connectivity index (χ1n) is 10.0. The van der Waals surface area contributed by atoms with E-state index in [2.05, 4.69) is 26.0 Å². The van der Waals surface area contributed by atoms with Crippen molar-refractivity contribution in [2.45, 2.75) is 97.3 Å². The average molecular weight is 291 g/mol. The predicted octanol–water partition coefficient (Wildman–Crippen LogP) is 7.15. The molecule has 0 spiro atoms. The summed E-state index contributed by atoms with van der Waals surface area (Å²) in [5, 5.41) is 0. The molecule has 0 saturated heterocycles. The van der Waals surface area contributed by atoms with E-state index in [-0.39, 0.29) is 0 Å². The molecule has 0 aromatic heterocycles. The molecule has 0 heterocycles. The van der Waals surface area contributed by atoms with Crippen molar-refractivity contribution < 1.29 is 0 Å². The first-order valence-corrected chi connectivity index (χ1v) is 10.0. The van der Waals surface area contributed by atoms with Gasteiger partial charge in [0.2, 0.25) is 0 Å². The lowest BCUT2D eigenvalue weighted by Crippen LogP contribution is -2.23. The van der Waals surface area contributed by atoms with Crippen molar-refractivity contribution >= 4 is 0 Å². The molecule has 0 N–H and O–H groups in total. The largest absolute Gasteiger partial charge is 0.0851 e. The summed E-state index contributed by atoms with van der Waals surface area (Å²) in [5.41, 5.74) is 0. The molecule has 1 saturated carbocycles. The van der Waals surface area contributed by atoms with Gasteiger partial charge in [0.1, 0.15) is 0 Å². The monoisotopic (exact) mass is 290 g/mol. The Labute approximate surface area is 133 Å². The van der Waals surface area contributed by atoms with Gasteiger partial charge in [0.25, 0.3) is 0 Å². The molecule has 2 atom stereocenters. The van der Waals surface area contributed by atoms with Crippen molar-refractivity contribution in [2.75, 3.05) is 0 Å². The molecule has 0 nitrogen and oxygen atoms in total. The van der Waals surface area contributed by atoms with E-state index < -0.39 is 0 Å². The molecule has 21 heavy (non-hydrogen) atoms. The molecular formula is C21H38. The second-order valence-electron chi connectivity index (χ2n) is 7.81. The van der Waals surface area contributed by atoms with E-state index in [0.29, 0.717) is 0 Å². The third kappa shape index (κ3) is 5.80. The van der Waals surface area contributed by atoms with Gasteiger partial charge >= 0.3 is 0 Å². The Hall–Kier alpha value is -0.260. The molecule has 0 amide bonds. The molecule has 0 radical (unpaired) electrons. The Kier molecular flexibility index (Phi) is 7.89. The van der Waals surface area contributed by atoms with Crippen LogP contribution >= 0.6 is 0 Å². The fraction of sp³-hybridized carbons (Fsp3) is 0.905. The number of hydrogen-bond donors (Lipinski definition) is 0. The smallest absolute Gasteiger partial charge is 0.0205 e. The van der Waals surface area contributed by atoms with Gasteiger partial charge in [-0.05, 0) is 55.8 Å². The Morgan fingerprint density at radius 2 is 1.48 bits per heavy atom. The standard InChI is InChI=1S/C21H38/c1-3-5-7-9-19-12-16-21(17-13-19)20-14-10-18(11-15-20)8-6-4-2/h10,14,18-21H,3-9,11-13,15-17H2,1-2H3. The Morgan fingerprint density at radius 3 is 2.10 bits per heavy atom. The van der Waals surface area contributed by atoms with Gasteiger partial charge in [0.05, 0.1) is 0 Å². The van der Waals surface area contributed by atoms with Crippen LogP contribution in [0.3, 0.4) is 0 Å². The van der Waals surface area contributed by atoms with E-state index in [0.717, 1.165) is 23.7 Å². The highest BCUT2D eigenvalue weighted by molar-refractivity contribution is 5.00. The van der Waals surface area contributed by atoms with E-state index in [4.69, 9.17) is 0 Å². The van der Waals surface area contributed by atoms with Crippen molar-refractivity contribution in [1.82, 2.24) is 0 Å². The van der Waals surface area contributed by atoms with Crippen molar-refractivity contribution in [1.29, 1.82) is 0 Å². The normalized spacial score (nSPS) is 33.2. The summed E-state index contributed by atoms with van der Waals surface area (Å²) in [6.07, 6.45) is 24.3. The van der Waals surface area contributed by atoms with Crippen LogP contribution < -0.4 is 0 Å². The lowest BCUT2D eigenvalue weighted by Gasteiger charge is -2.35. The van der Waals surface area contributed by atoms with E-state index in [1.54, 1.807) is 0 Å². The molecule has 0 aromatic carbocycles. The third-order valence-corrected chi connectivity index (χ3v) is 6.14. The molecule has 2 aliphatic carbocycles. The molecule has 0 aromatic rings. The maximum absolute atomic E-state index is 2.62. The summed E-state index contributed by atoms with van der Waals surface area (Å²) in [7, 11) is 0. The molecule has 0 bridgehead atoms. The summed E-state index contributed by atoms with van der Waals surface area (Å²) >= 11 is 0. The van der Waals surface area contributed by atoms with Crippen LogP contribution in [-0.4, -0.2) is 0 Å². The summed E-state index contributed by atoms with van der Waals surface area (Å²) in [6, 6.07) is 0. The first kappa shape index (κ1) is 17.1. The molecule has 1 fully saturated rings. The van der Waals surface area contributed by atoms with Crippen LogP contribution in [0.1, 0.15) is 97.3 Å². The molecular weight excluding hydrogens is 252 g/mol. The Balaban J connectivity index is 1.66. The zero-order valence-corrected chi connectivity index (χ0v) is 14.7. The maximum Gasteiger partial charge on any atom is -0.0205 e. The summed E-state index contributed by atoms with van der Waals surface area (Å²) in [5.74, 6) is 3.93. The van der Waals surface area contributed by atoms with E-state index in [1.807, 2.05) is 0 Å². The van der Waals surface area contributed by atoms with Crippen LogP contribution in [0.25, 0.3) is 0 Å². The van der Waals surface area contributed by atoms with Gasteiger partial charge in [0, 0.05) is 0 Å². The number of rotatable bonds is 8. The predicted molar refractivity (Wildman–Crippen MR) is 94.5 cm³/mol. The van der Waals surface area contributed by atoms with Gasteiger partial charge in [-0.2, -0.15) is 0 Å². The van der Waals surface area contributed by atoms with Crippen molar-refractivity contribution in [3.05, 3.63) is 12.2 Å². The minimum atomic E-state index is 0.909. The number of allylic oxidation sites excluding steroid dienone is 2. The van der Waals surface area contributed by atoms with Gasteiger partial charge in [0.15, 0.2) is 0 Å². The van der Waals surface area contributed by atoms with Crippen molar-refractivity contribution in [3.63, 3.8) is 0 Å². The topological polar surface area (TPSA) is 0 Å². The fourth-order valence-corrected chi connectivity index (χ4v) is 4.59. The molecule has 2 rings (SSSR count). The Morgan fingerprint density at radius 1 is 0.714 bits per heavy atom. The summed E-state index contributed by atoms with van der Waals surface area (Å²) in [6.45, 7) is 4.63. The number of hydrogen-bond acceptors (Lipinski definition) is 0. The number of unbranched alkanes of at least 4 members (excludes halogenated alkanes) is 3. The van der Waals surface area contributed by atoms with E-state index >= 15 is 0 Å². The van der Waals surface area contributed by atoms with Crippen LogP contribution in [-0.2, 0) is 0 Å². The molecule has 122 valence electrons. The zero-order chi connectivity index (χ0) is 14.9. The maximum atomic E-state index is 2.62. The quantitative estimate of drug-likeness (QED) is 0.329. The molecule has 0 aliphatic heterocycles. The van der Waals surface area contributed by atoms with Crippen LogP contribution in [0.15, 0.2) is 12.2 Å². The van der Waals surface area contributed by atoms with E-state index in [9.17, 15) is 0 Å². The second kappa shape index (κ2) is 9.70. The summed E-state index contributed by atoms with van der Waals surface area (Å²) < 4.78 is 0. The van der Waals surface area contributed by atoms with Crippen molar-refractivity contribution in [2.24, 2.45) is 23.7 Å². The highest BCUT2D eigenvalue weighted by Crippen LogP contribution is 2.40. The fourth-order valence-electron chi connectivity index (χ4n) is 4.59. The highest BCUT2D eigenvalue weighted by Gasteiger charge is 2.27. The van der Waals surface area contributed by atoms with Gasteiger partial charge in [-0.3, -0.25) is 0 Å². The average Bonchev–Trinajstić information content (AvgIpc) is 2.54. The van der Waals surface area contributed by atoms with Gasteiger partial charge in [-0.15, -0.1) is 0 Å². The SMILES string of the molecule is CCCCCC1CCC(C2C=CC(CCCC)CC2)CC1. The molecule has 2 aliphatic rings. The van der Waals surface area contributed by atoms with Gasteiger partial charge in [-0.1, -0.05) is 77.4 Å². The zero-order valence-electron chi connectivity index (χ0n) is 14.7. The lowest BCUT2D eigenvalue weighted by atomic mass is 9.71. The summed E-state index contributed by atoms with van der Waals surface area (Å²) in [4.78, 5) is 0.